The molecule has 0 bridgehead atoms. The molecule has 8 aromatic rings. The van der Waals surface area contributed by atoms with E-state index in [0.29, 0.717) is 0 Å². The predicted octanol–water partition coefficient (Wildman–Crippen LogP) is 8.81. The van der Waals surface area contributed by atoms with Gasteiger partial charge >= 0.3 is 0 Å². The van der Waals surface area contributed by atoms with Gasteiger partial charge in [-0.3, -0.25) is 2.78 Å². The highest BCUT2D eigenvalue weighted by Crippen LogP contribution is 2.45. The van der Waals surface area contributed by atoms with Gasteiger partial charge < -0.3 is 4.40 Å². The Bertz CT molecular complexity index is 2030. The van der Waals surface area contributed by atoms with Crippen LogP contribution >= 0.6 is 22.9 Å². The van der Waals surface area contributed by atoms with Crippen LogP contribution in [0.3, 0.4) is 0 Å². The number of hydrogen-bond acceptors (Lipinski definition) is 0. The first-order valence-corrected chi connectivity index (χ1v) is 12.1. The van der Waals surface area contributed by atoms with E-state index in [1.165, 1.54) is 71.0 Å². The van der Waals surface area contributed by atoms with E-state index in [9.17, 15) is 0 Å². The zero-order valence-electron chi connectivity index (χ0n) is 17.6. The second-order valence-corrected chi connectivity index (χ2v) is 9.76. The lowest BCUT2D eigenvalue weighted by Crippen LogP contribution is -1.86. The minimum atomic E-state index is 1.24. The Labute approximate surface area is 203 Å². The zero-order valence-corrected chi connectivity index (χ0v) is 19.7. The third kappa shape index (κ3) is 2.18. The van der Waals surface area contributed by atoms with Crippen molar-refractivity contribution in [1.82, 2.24) is 7.18 Å². The van der Waals surface area contributed by atoms with Gasteiger partial charge in [0, 0.05) is 26.9 Å². The zero-order chi connectivity index (χ0) is 21.7. The maximum atomic E-state index is 2.49. The molecule has 0 spiro atoms. The molecule has 33 heavy (non-hydrogen) atoms. The van der Waals surface area contributed by atoms with Crippen LogP contribution < -0.4 is 0 Å². The number of benzene rings is 5. The first-order chi connectivity index (χ1) is 16.3. The fourth-order valence-corrected chi connectivity index (χ4v) is 6.59. The summed E-state index contributed by atoms with van der Waals surface area (Å²) in [5, 5.41) is 7.90. The van der Waals surface area contributed by atoms with Gasteiger partial charge in [-0.15, -0.1) is 0 Å². The van der Waals surface area contributed by atoms with Crippen molar-refractivity contribution in [2.45, 2.75) is 0 Å². The molecular formula is C30H17IN2. The summed E-state index contributed by atoms with van der Waals surface area (Å²) in [6, 6.07) is 37.8. The highest BCUT2D eigenvalue weighted by Gasteiger charge is 2.21. The van der Waals surface area contributed by atoms with Crippen molar-refractivity contribution in [3.8, 4) is 11.1 Å². The van der Waals surface area contributed by atoms with Gasteiger partial charge in [0.05, 0.1) is 50.4 Å². The van der Waals surface area contributed by atoms with Crippen molar-refractivity contribution in [3.63, 3.8) is 0 Å². The summed E-state index contributed by atoms with van der Waals surface area (Å²) in [5.74, 6) is 0. The molecule has 154 valence electrons. The summed E-state index contributed by atoms with van der Waals surface area (Å²) in [6.07, 6.45) is 0. The van der Waals surface area contributed by atoms with Crippen molar-refractivity contribution in [3.05, 3.63) is 103 Å². The summed E-state index contributed by atoms with van der Waals surface area (Å²) in [5.41, 5.74) is 8.84. The normalized spacial score (nSPS) is 12.4. The summed E-state index contributed by atoms with van der Waals surface area (Å²) in [6.45, 7) is 0. The van der Waals surface area contributed by atoms with Crippen molar-refractivity contribution in [1.29, 1.82) is 0 Å². The molecule has 0 atom stereocenters. The second kappa shape index (κ2) is 6.27. The molecule has 0 saturated carbocycles. The lowest BCUT2D eigenvalue weighted by Gasteiger charge is -2.07. The van der Waals surface area contributed by atoms with Gasteiger partial charge in [-0.05, 0) is 46.8 Å². The number of fused-ring (bicyclic) bond motifs is 5. The Kier molecular flexibility index (Phi) is 3.40. The van der Waals surface area contributed by atoms with Gasteiger partial charge in [-0.1, -0.05) is 72.8 Å². The Morgan fingerprint density at radius 2 is 1.12 bits per heavy atom. The van der Waals surface area contributed by atoms with Crippen molar-refractivity contribution >= 4 is 82.8 Å². The first kappa shape index (κ1) is 17.9. The molecule has 3 aromatic heterocycles. The van der Waals surface area contributed by atoms with E-state index < -0.39 is 0 Å². The number of aromatic nitrogens is 2. The molecular weight excluding hydrogens is 515 g/mol. The van der Waals surface area contributed by atoms with Crippen molar-refractivity contribution < 1.29 is 0 Å². The van der Waals surface area contributed by atoms with Crippen LogP contribution in [0.15, 0.2) is 103 Å². The smallest absolute Gasteiger partial charge is 0.0646 e. The molecule has 8 rings (SSSR count). The van der Waals surface area contributed by atoms with E-state index in [1.54, 1.807) is 0 Å². The van der Waals surface area contributed by atoms with Crippen LogP contribution in [0.5, 0.6) is 0 Å². The molecule has 0 aliphatic carbocycles. The molecule has 0 aliphatic rings. The Balaban J connectivity index is 1.78. The van der Waals surface area contributed by atoms with Gasteiger partial charge in [0.25, 0.3) is 0 Å². The third-order valence-electron chi connectivity index (χ3n) is 7.14. The van der Waals surface area contributed by atoms with Gasteiger partial charge in [0.15, 0.2) is 0 Å². The Hall–Kier alpha value is -3.57. The van der Waals surface area contributed by atoms with Crippen LogP contribution in [0.1, 0.15) is 0 Å². The average molecular weight is 532 g/mol. The van der Waals surface area contributed by atoms with Crippen molar-refractivity contribution in [2.24, 2.45) is 0 Å². The minimum Gasteiger partial charge on any atom is -0.308 e. The molecule has 0 fully saturated rings. The van der Waals surface area contributed by atoms with Crippen LogP contribution in [0.25, 0.3) is 71.0 Å². The predicted molar refractivity (Wildman–Crippen MR) is 149 cm³/mol. The molecule has 5 aromatic carbocycles. The number of para-hydroxylation sites is 2. The standard InChI is InChI=1S/C30H17IN2/c31-33-26-15-7-14-25-29(26)28-23(16-19(17-27(28)33)18-8-2-1-3-9-18)22-12-6-11-21-20-10-4-5-13-24(20)32(25)30(21)22/h1-17H. The summed E-state index contributed by atoms with van der Waals surface area (Å²) in [4.78, 5) is 0. The molecule has 0 aliphatic heterocycles. The van der Waals surface area contributed by atoms with Gasteiger partial charge in [0.1, 0.15) is 0 Å². The number of nitrogens with zero attached hydrogens (tertiary/aromatic N) is 2. The Morgan fingerprint density at radius 1 is 0.455 bits per heavy atom. The van der Waals surface area contributed by atoms with Crippen LogP contribution in [0, 0.1) is 0 Å². The monoisotopic (exact) mass is 532 g/mol. The average Bonchev–Trinajstić information content (AvgIpc) is 3.32. The summed E-state index contributed by atoms with van der Waals surface area (Å²) in [7, 11) is 0. The van der Waals surface area contributed by atoms with E-state index in [2.05, 4.69) is 133 Å². The summed E-state index contributed by atoms with van der Waals surface area (Å²) < 4.78 is 4.82. The largest absolute Gasteiger partial charge is 0.308 e. The second-order valence-electron chi connectivity index (χ2n) is 8.79. The van der Waals surface area contributed by atoms with E-state index in [1.807, 2.05) is 0 Å². The summed E-state index contributed by atoms with van der Waals surface area (Å²) >= 11 is 2.47. The SMILES string of the molecule is In1c2cc(-c3ccccc3)cc3c4cccc5c6ccccc6n(c6cccc1c6c32)c45. The molecule has 0 unspecified atom stereocenters. The number of halogens is 1. The maximum Gasteiger partial charge on any atom is 0.0646 e. The van der Waals surface area contributed by atoms with Crippen LogP contribution in [-0.4, -0.2) is 7.18 Å². The molecule has 0 N–H and O–H groups in total. The fraction of sp³-hybridized carbons (Fsp3) is 0. The van der Waals surface area contributed by atoms with E-state index in [4.69, 9.17) is 0 Å². The fourth-order valence-electron chi connectivity index (χ4n) is 5.80. The van der Waals surface area contributed by atoms with Gasteiger partial charge in [0.2, 0.25) is 0 Å². The molecule has 3 heteroatoms. The van der Waals surface area contributed by atoms with Crippen LogP contribution in [0.4, 0.5) is 0 Å². The van der Waals surface area contributed by atoms with Gasteiger partial charge in [-0.2, -0.15) is 0 Å². The number of rotatable bonds is 1. The maximum absolute atomic E-state index is 2.49. The van der Waals surface area contributed by atoms with E-state index >= 15 is 0 Å². The third-order valence-corrected chi connectivity index (χ3v) is 8.18. The lowest BCUT2D eigenvalue weighted by molar-refractivity contribution is 1.36. The van der Waals surface area contributed by atoms with Gasteiger partial charge in [-0.25, -0.2) is 0 Å². The number of hydrogen-bond donors (Lipinski definition) is 0. The highest BCUT2D eigenvalue weighted by atomic mass is 127. The Morgan fingerprint density at radius 3 is 2.00 bits per heavy atom. The molecule has 3 heterocycles. The molecule has 0 saturated heterocycles. The van der Waals surface area contributed by atoms with Crippen LogP contribution in [0.2, 0.25) is 0 Å². The highest BCUT2D eigenvalue weighted by molar-refractivity contribution is 14.1. The molecule has 2 nitrogen and oxygen atoms in total. The van der Waals surface area contributed by atoms with Crippen molar-refractivity contribution in [2.75, 3.05) is 0 Å². The van der Waals surface area contributed by atoms with E-state index in [-0.39, 0.29) is 0 Å². The lowest BCUT2D eigenvalue weighted by atomic mass is 9.98. The molecule has 0 amide bonds. The quantitative estimate of drug-likeness (QED) is 0.187. The van der Waals surface area contributed by atoms with Crippen LogP contribution in [-0.2, 0) is 0 Å². The first-order valence-electron chi connectivity index (χ1n) is 11.2. The topological polar surface area (TPSA) is 9.34 Å². The van der Waals surface area contributed by atoms with E-state index in [0.717, 1.165) is 0 Å². The minimum absolute atomic E-state index is 1.24. The molecule has 0 radical (unpaired) electrons.